The van der Waals surface area contributed by atoms with E-state index in [4.69, 9.17) is 4.74 Å². The van der Waals surface area contributed by atoms with Gasteiger partial charge in [0.15, 0.2) is 0 Å². The van der Waals surface area contributed by atoms with Crippen LogP contribution < -0.4 is 10.1 Å². The Morgan fingerprint density at radius 1 is 1.24 bits per heavy atom. The molecule has 0 radical (unpaired) electrons. The summed E-state index contributed by atoms with van der Waals surface area (Å²) in [5.41, 5.74) is 2.44. The first-order valence-electron chi connectivity index (χ1n) is 8.51. The summed E-state index contributed by atoms with van der Waals surface area (Å²) in [5.74, 6) is 0.477. The number of nitro groups is 1. The Morgan fingerprint density at radius 2 is 2.00 bits per heavy atom. The van der Waals surface area contributed by atoms with Gasteiger partial charge in [-0.1, -0.05) is 0 Å². The Bertz CT molecular complexity index is 1230. The molecule has 1 N–H and O–H groups in total. The second kappa shape index (κ2) is 7.32. The lowest BCUT2D eigenvalue weighted by atomic mass is 10.1. The summed E-state index contributed by atoms with van der Waals surface area (Å²) < 4.78 is 6.83. The van der Waals surface area contributed by atoms with Crippen molar-refractivity contribution in [1.29, 1.82) is 0 Å². The van der Waals surface area contributed by atoms with Crippen molar-refractivity contribution in [3.8, 4) is 17.0 Å². The molecule has 0 unspecified atom stereocenters. The molecule has 4 aromatic rings. The standard InChI is InChI=1S/C19H15N5O4S/c1-11-9-13(5-8-15(11)24(26)27)17(25)20-18-21-19-23(22-18)16(10-29-19)12-3-6-14(28-2)7-4-12/h3-10H,1-2H3,(H,20,22,25). The average molecular weight is 409 g/mol. The third-order valence-electron chi connectivity index (χ3n) is 4.35. The van der Waals surface area contributed by atoms with Crippen LogP contribution in [0.25, 0.3) is 16.2 Å². The van der Waals surface area contributed by atoms with Crippen molar-refractivity contribution in [2.24, 2.45) is 0 Å². The van der Waals surface area contributed by atoms with Crippen molar-refractivity contribution < 1.29 is 14.5 Å². The van der Waals surface area contributed by atoms with Crippen LogP contribution in [0.1, 0.15) is 15.9 Å². The van der Waals surface area contributed by atoms with E-state index in [1.54, 1.807) is 18.5 Å². The molecule has 2 aromatic carbocycles. The van der Waals surface area contributed by atoms with Gasteiger partial charge in [0, 0.05) is 28.1 Å². The number of nitro benzene ring substituents is 1. The number of amides is 1. The predicted octanol–water partition coefficient (Wildman–Crippen LogP) is 3.94. The van der Waals surface area contributed by atoms with E-state index in [-0.39, 0.29) is 11.6 Å². The first kappa shape index (κ1) is 18.6. The van der Waals surface area contributed by atoms with Crippen LogP contribution in [0.5, 0.6) is 5.75 Å². The molecule has 9 nitrogen and oxygen atoms in total. The highest BCUT2D eigenvalue weighted by Crippen LogP contribution is 2.27. The van der Waals surface area contributed by atoms with Gasteiger partial charge >= 0.3 is 0 Å². The van der Waals surface area contributed by atoms with Crippen LogP contribution in [0.4, 0.5) is 11.6 Å². The molecule has 2 aromatic heterocycles. The molecule has 4 rings (SSSR count). The van der Waals surface area contributed by atoms with Crippen molar-refractivity contribution in [1.82, 2.24) is 14.6 Å². The summed E-state index contributed by atoms with van der Waals surface area (Å²) in [5, 5.41) is 19.9. The Morgan fingerprint density at radius 3 is 2.66 bits per heavy atom. The van der Waals surface area contributed by atoms with Crippen molar-refractivity contribution in [3.63, 3.8) is 0 Å². The van der Waals surface area contributed by atoms with E-state index in [2.05, 4.69) is 15.4 Å². The number of carbonyl (C=O) groups is 1. The molecular formula is C19H15N5O4S. The van der Waals surface area contributed by atoms with Crippen LogP contribution in [0, 0.1) is 17.0 Å². The first-order chi connectivity index (χ1) is 14.0. The molecule has 0 bridgehead atoms. The number of methoxy groups -OCH3 is 1. The lowest BCUT2D eigenvalue weighted by Crippen LogP contribution is -2.13. The summed E-state index contributed by atoms with van der Waals surface area (Å²) in [4.78, 5) is 27.9. The molecule has 0 fully saturated rings. The van der Waals surface area contributed by atoms with E-state index in [0.717, 1.165) is 17.0 Å². The number of carbonyl (C=O) groups excluding carboxylic acids is 1. The van der Waals surface area contributed by atoms with Crippen LogP contribution in [0.15, 0.2) is 47.8 Å². The highest BCUT2D eigenvalue weighted by molar-refractivity contribution is 7.15. The monoisotopic (exact) mass is 409 g/mol. The third-order valence-corrected chi connectivity index (χ3v) is 5.16. The zero-order valence-corrected chi connectivity index (χ0v) is 16.3. The minimum atomic E-state index is -0.483. The molecule has 0 saturated heterocycles. The molecule has 0 aliphatic carbocycles. The first-order valence-corrected chi connectivity index (χ1v) is 9.39. The fourth-order valence-corrected chi connectivity index (χ4v) is 3.70. The number of aryl methyl sites for hydroxylation is 1. The number of nitrogens with one attached hydrogen (secondary N) is 1. The quantitative estimate of drug-likeness (QED) is 0.395. The number of benzene rings is 2. The van der Waals surface area contributed by atoms with Crippen molar-refractivity contribution in [2.45, 2.75) is 6.92 Å². The molecule has 0 spiro atoms. The lowest BCUT2D eigenvalue weighted by Gasteiger charge is -2.03. The molecule has 2 heterocycles. The van der Waals surface area contributed by atoms with Gasteiger partial charge in [-0.25, -0.2) is 4.52 Å². The highest BCUT2D eigenvalue weighted by atomic mass is 32.1. The van der Waals surface area contributed by atoms with Gasteiger partial charge in [-0.3, -0.25) is 20.2 Å². The Balaban J connectivity index is 1.59. The summed E-state index contributed by atoms with van der Waals surface area (Å²) in [6.07, 6.45) is 0. The molecule has 0 aliphatic heterocycles. The topological polar surface area (TPSA) is 112 Å². The van der Waals surface area contributed by atoms with E-state index in [1.807, 2.05) is 29.6 Å². The summed E-state index contributed by atoms with van der Waals surface area (Å²) >= 11 is 1.40. The zero-order valence-electron chi connectivity index (χ0n) is 15.4. The number of fused-ring (bicyclic) bond motifs is 1. The normalized spacial score (nSPS) is 10.8. The number of thiazole rings is 1. The third kappa shape index (κ3) is 3.52. The zero-order chi connectivity index (χ0) is 20.5. The maximum atomic E-state index is 12.5. The number of aromatic nitrogens is 3. The van der Waals surface area contributed by atoms with Gasteiger partial charge in [0.1, 0.15) is 5.75 Å². The van der Waals surface area contributed by atoms with Gasteiger partial charge in [0.2, 0.25) is 4.96 Å². The van der Waals surface area contributed by atoms with Crippen molar-refractivity contribution in [2.75, 3.05) is 12.4 Å². The fraction of sp³-hybridized carbons (Fsp3) is 0.105. The summed E-state index contributed by atoms with van der Waals surface area (Å²) in [7, 11) is 1.61. The van der Waals surface area contributed by atoms with Crippen LogP contribution in [-0.2, 0) is 0 Å². The molecule has 0 atom stereocenters. The van der Waals surface area contributed by atoms with Crippen molar-refractivity contribution >= 4 is 33.8 Å². The van der Waals surface area contributed by atoms with E-state index < -0.39 is 10.8 Å². The highest BCUT2D eigenvalue weighted by Gasteiger charge is 2.17. The van der Waals surface area contributed by atoms with Gasteiger partial charge in [0.05, 0.1) is 17.7 Å². The van der Waals surface area contributed by atoms with E-state index in [1.165, 1.54) is 29.5 Å². The molecule has 0 saturated carbocycles. The number of hydrogen-bond acceptors (Lipinski definition) is 7. The SMILES string of the molecule is COc1ccc(-c2csc3nc(NC(=O)c4ccc([N+](=O)[O-])c(C)c4)nn23)cc1. The minimum Gasteiger partial charge on any atom is -0.497 e. The summed E-state index contributed by atoms with van der Waals surface area (Å²) in [6.45, 7) is 1.58. The van der Waals surface area contributed by atoms with E-state index in [0.29, 0.717) is 16.1 Å². The fourth-order valence-electron chi connectivity index (χ4n) is 2.87. The van der Waals surface area contributed by atoms with Gasteiger partial charge in [-0.2, -0.15) is 4.98 Å². The van der Waals surface area contributed by atoms with E-state index in [9.17, 15) is 14.9 Å². The lowest BCUT2D eigenvalue weighted by molar-refractivity contribution is -0.385. The maximum Gasteiger partial charge on any atom is 0.272 e. The molecule has 10 heteroatoms. The second-order valence-electron chi connectivity index (χ2n) is 6.19. The van der Waals surface area contributed by atoms with Crippen LogP contribution in [0.3, 0.4) is 0 Å². The second-order valence-corrected chi connectivity index (χ2v) is 7.03. The molecule has 0 aliphatic rings. The largest absolute Gasteiger partial charge is 0.497 e. The molecule has 146 valence electrons. The predicted molar refractivity (Wildman–Crippen MR) is 109 cm³/mol. The Hall–Kier alpha value is -3.79. The number of rotatable bonds is 5. The molecular weight excluding hydrogens is 394 g/mol. The molecule has 29 heavy (non-hydrogen) atoms. The summed E-state index contributed by atoms with van der Waals surface area (Å²) in [6, 6.07) is 11.7. The van der Waals surface area contributed by atoms with Gasteiger partial charge in [0.25, 0.3) is 17.5 Å². The van der Waals surface area contributed by atoms with Crippen LogP contribution in [0.2, 0.25) is 0 Å². The number of hydrogen-bond donors (Lipinski definition) is 1. The van der Waals surface area contributed by atoms with Crippen LogP contribution >= 0.6 is 11.3 Å². The smallest absolute Gasteiger partial charge is 0.272 e. The Kier molecular flexibility index (Phi) is 4.69. The van der Waals surface area contributed by atoms with Crippen LogP contribution in [-0.4, -0.2) is 32.5 Å². The Labute approximate surface area is 168 Å². The van der Waals surface area contributed by atoms with Gasteiger partial charge in [-0.15, -0.1) is 16.4 Å². The van der Waals surface area contributed by atoms with Gasteiger partial charge < -0.3 is 4.74 Å². The molecule has 1 amide bonds. The average Bonchev–Trinajstić information content (AvgIpc) is 3.27. The number of nitrogens with zero attached hydrogens (tertiary/aromatic N) is 4. The van der Waals surface area contributed by atoms with Crippen molar-refractivity contribution in [3.05, 3.63) is 69.1 Å². The number of anilines is 1. The number of ether oxygens (including phenoxy) is 1. The van der Waals surface area contributed by atoms with Gasteiger partial charge in [-0.05, 0) is 43.3 Å². The minimum absolute atomic E-state index is 0.0358. The van der Waals surface area contributed by atoms with E-state index >= 15 is 0 Å². The maximum absolute atomic E-state index is 12.5.